The monoisotopic (exact) mass is 267 g/mol. The molecule has 1 amide bonds. The predicted molar refractivity (Wildman–Crippen MR) is 79.5 cm³/mol. The molecular weight excluding hydrogens is 238 g/mol. The average Bonchev–Trinajstić information content (AvgIpc) is 2.19. The molecule has 0 aliphatic rings. The molecule has 0 spiro atoms. The van der Waals surface area contributed by atoms with E-state index in [0.29, 0.717) is 12.8 Å². The van der Waals surface area contributed by atoms with E-state index in [4.69, 9.17) is 5.73 Å². The summed E-state index contributed by atoms with van der Waals surface area (Å²) in [4.78, 5) is 24.4. The lowest BCUT2D eigenvalue weighted by atomic mass is 9.64. The molecule has 0 aromatic rings. The van der Waals surface area contributed by atoms with Gasteiger partial charge in [-0.25, -0.2) is 0 Å². The van der Waals surface area contributed by atoms with Crippen molar-refractivity contribution in [3.63, 3.8) is 0 Å². The molecule has 2 N–H and O–H groups in total. The molecule has 0 aromatic heterocycles. The summed E-state index contributed by atoms with van der Waals surface area (Å²) in [6, 6.07) is 0. The third kappa shape index (κ3) is 5.17. The molecule has 0 heterocycles. The molecule has 0 saturated carbocycles. The topological polar surface area (TPSA) is 60.2 Å². The highest BCUT2D eigenvalue weighted by molar-refractivity contribution is 5.91. The molecule has 0 aromatic carbocycles. The van der Waals surface area contributed by atoms with E-state index < -0.39 is 11.3 Å². The summed E-state index contributed by atoms with van der Waals surface area (Å²) in [5.41, 5.74) is 4.77. The van der Waals surface area contributed by atoms with Crippen molar-refractivity contribution in [1.82, 2.24) is 0 Å². The van der Waals surface area contributed by atoms with E-state index in [1.807, 2.05) is 41.5 Å². The number of rotatable bonds is 6. The van der Waals surface area contributed by atoms with Gasteiger partial charge in [-0.15, -0.1) is 6.58 Å². The van der Waals surface area contributed by atoms with Gasteiger partial charge in [-0.1, -0.05) is 47.6 Å². The molecule has 3 nitrogen and oxygen atoms in total. The highest BCUT2D eigenvalue weighted by Crippen LogP contribution is 2.39. The number of amides is 1. The fourth-order valence-corrected chi connectivity index (χ4v) is 2.42. The van der Waals surface area contributed by atoms with Crippen LogP contribution >= 0.6 is 0 Å². The van der Waals surface area contributed by atoms with Crippen molar-refractivity contribution in [2.45, 2.75) is 54.4 Å². The fraction of sp³-hybridized carbons (Fsp3) is 0.750. The quantitative estimate of drug-likeness (QED) is 0.750. The summed E-state index contributed by atoms with van der Waals surface area (Å²) < 4.78 is 0. The largest absolute Gasteiger partial charge is 0.369 e. The van der Waals surface area contributed by atoms with Crippen LogP contribution in [0.4, 0.5) is 0 Å². The third-order valence-electron chi connectivity index (χ3n) is 3.40. The van der Waals surface area contributed by atoms with Crippen molar-refractivity contribution in [2.24, 2.45) is 28.4 Å². The predicted octanol–water partition coefficient (Wildman–Crippen LogP) is 3.33. The minimum absolute atomic E-state index is 0.105. The maximum Gasteiger partial charge on any atom is 0.221 e. The van der Waals surface area contributed by atoms with Crippen LogP contribution in [0.15, 0.2) is 12.7 Å². The Kier molecular flexibility index (Phi) is 5.98. The van der Waals surface area contributed by atoms with Crippen LogP contribution < -0.4 is 5.73 Å². The Balaban J connectivity index is 5.50. The smallest absolute Gasteiger partial charge is 0.221 e. The number of nitrogens with two attached hydrogens (primary N) is 1. The number of carbonyl (C=O) groups is 2. The van der Waals surface area contributed by atoms with Gasteiger partial charge in [-0.3, -0.25) is 9.59 Å². The number of primary amides is 1. The Morgan fingerprint density at radius 1 is 1.16 bits per heavy atom. The van der Waals surface area contributed by atoms with E-state index >= 15 is 0 Å². The van der Waals surface area contributed by atoms with E-state index in [1.165, 1.54) is 0 Å². The molecule has 0 unspecified atom stereocenters. The third-order valence-corrected chi connectivity index (χ3v) is 3.40. The zero-order valence-corrected chi connectivity index (χ0v) is 13.2. The lowest BCUT2D eigenvalue weighted by molar-refractivity contribution is -0.141. The van der Waals surface area contributed by atoms with Crippen LogP contribution in [-0.2, 0) is 9.59 Å². The molecule has 2 atom stereocenters. The van der Waals surface area contributed by atoms with Crippen LogP contribution in [0, 0.1) is 22.7 Å². The van der Waals surface area contributed by atoms with E-state index in [0.717, 1.165) is 0 Å². The zero-order valence-electron chi connectivity index (χ0n) is 13.2. The first-order valence-corrected chi connectivity index (χ1v) is 6.87. The van der Waals surface area contributed by atoms with Crippen LogP contribution in [0.2, 0.25) is 0 Å². The fourth-order valence-electron chi connectivity index (χ4n) is 2.42. The average molecular weight is 267 g/mol. The maximum absolute atomic E-state index is 12.7. The van der Waals surface area contributed by atoms with Crippen molar-refractivity contribution >= 4 is 11.7 Å². The number of ketones is 1. The van der Waals surface area contributed by atoms with E-state index in [1.54, 1.807) is 6.08 Å². The molecular formula is C16H29NO2. The van der Waals surface area contributed by atoms with Crippen LogP contribution in [0.3, 0.4) is 0 Å². The normalized spacial score (nSPS) is 15.7. The first-order valence-electron chi connectivity index (χ1n) is 6.87. The lowest BCUT2D eigenvalue weighted by Gasteiger charge is -2.38. The minimum Gasteiger partial charge on any atom is -0.369 e. The molecule has 0 bridgehead atoms. The summed E-state index contributed by atoms with van der Waals surface area (Å²) in [6.07, 6.45) is 3.04. The van der Waals surface area contributed by atoms with Gasteiger partial charge >= 0.3 is 0 Å². The summed E-state index contributed by atoms with van der Waals surface area (Å²) >= 11 is 0. The van der Waals surface area contributed by atoms with E-state index in [-0.39, 0.29) is 23.0 Å². The van der Waals surface area contributed by atoms with Crippen LogP contribution in [-0.4, -0.2) is 11.7 Å². The SMILES string of the molecule is C=CCC[C@H](C(N)=O)[C@H](C(=O)C(C)(C)C)C(C)(C)C. The molecule has 0 rings (SSSR count). The van der Waals surface area contributed by atoms with Crippen molar-refractivity contribution in [2.75, 3.05) is 0 Å². The van der Waals surface area contributed by atoms with Gasteiger partial charge in [-0.2, -0.15) is 0 Å². The number of Topliss-reactive ketones (excluding diaryl/α,β-unsaturated/α-hetero) is 1. The zero-order chi connectivity index (χ0) is 15.4. The number of hydrogen-bond donors (Lipinski definition) is 1. The lowest BCUT2D eigenvalue weighted by Crippen LogP contribution is -2.45. The second-order valence-corrected chi connectivity index (χ2v) is 7.33. The van der Waals surface area contributed by atoms with Crippen LogP contribution in [0.25, 0.3) is 0 Å². The van der Waals surface area contributed by atoms with Gasteiger partial charge in [0, 0.05) is 17.3 Å². The number of hydrogen-bond acceptors (Lipinski definition) is 2. The van der Waals surface area contributed by atoms with Crippen molar-refractivity contribution in [1.29, 1.82) is 0 Å². The van der Waals surface area contributed by atoms with Crippen LogP contribution in [0.1, 0.15) is 54.4 Å². The maximum atomic E-state index is 12.7. The molecule has 0 fully saturated rings. The molecule has 19 heavy (non-hydrogen) atoms. The van der Waals surface area contributed by atoms with Crippen LogP contribution in [0.5, 0.6) is 0 Å². The first-order chi connectivity index (χ1) is 8.42. The Bertz CT molecular complexity index is 345. The highest BCUT2D eigenvalue weighted by atomic mass is 16.1. The molecule has 110 valence electrons. The number of allylic oxidation sites excluding steroid dienone is 1. The van der Waals surface area contributed by atoms with Gasteiger partial charge in [-0.05, 0) is 18.3 Å². The van der Waals surface area contributed by atoms with Gasteiger partial charge < -0.3 is 5.73 Å². The molecule has 0 aliphatic heterocycles. The molecule has 3 heteroatoms. The Labute approximate surface area is 117 Å². The second kappa shape index (κ2) is 6.36. The van der Waals surface area contributed by atoms with Crippen molar-refractivity contribution in [3.05, 3.63) is 12.7 Å². The van der Waals surface area contributed by atoms with Gasteiger partial charge in [0.15, 0.2) is 0 Å². The Morgan fingerprint density at radius 2 is 1.63 bits per heavy atom. The van der Waals surface area contributed by atoms with Gasteiger partial charge in [0.2, 0.25) is 5.91 Å². The highest BCUT2D eigenvalue weighted by Gasteiger charge is 2.43. The van der Waals surface area contributed by atoms with E-state index in [9.17, 15) is 9.59 Å². The van der Waals surface area contributed by atoms with Gasteiger partial charge in [0.25, 0.3) is 0 Å². The van der Waals surface area contributed by atoms with E-state index in [2.05, 4.69) is 6.58 Å². The minimum atomic E-state index is -0.472. The Hall–Kier alpha value is -1.12. The summed E-state index contributed by atoms with van der Waals surface area (Å²) in [5, 5.41) is 0. The summed E-state index contributed by atoms with van der Waals surface area (Å²) in [6.45, 7) is 15.3. The molecule has 0 aliphatic carbocycles. The van der Waals surface area contributed by atoms with Crippen molar-refractivity contribution < 1.29 is 9.59 Å². The second-order valence-electron chi connectivity index (χ2n) is 7.33. The van der Waals surface area contributed by atoms with Gasteiger partial charge in [0.05, 0.1) is 0 Å². The number of carbonyl (C=O) groups excluding carboxylic acids is 2. The molecule has 0 radical (unpaired) electrons. The summed E-state index contributed by atoms with van der Waals surface area (Å²) in [7, 11) is 0. The first kappa shape index (κ1) is 17.9. The standard InChI is InChI=1S/C16H29NO2/c1-8-9-10-11(14(17)19)12(15(2,3)4)13(18)16(5,6)7/h8,11-12H,1,9-10H2,2-7H3,(H2,17,19)/t11-,12+/m0/s1. The van der Waals surface area contributed by atoms with Crippen molar-refractivity contribution in [3.8, 4) is 0 Å². The molecule has 0 saturated heterocycles. The summed E-state index contributed by atoms with van der Waals surface area (Å²) in [5.74, 6) is -1.07. The Morgan fingerprint density at radius 3 is 1.89 bits per heavy atom. The van der Waals surface area contributed by atoms with Gasteiger partial charge in [0.1, 0.15) is 5.78 Å².